The predicted octanol–water partition coefficient (Wildman–Crippen LogP) is 3.29. The lowest BCUT2D eigenvalue weighted by molar-refractivity contribution is 0.0153. The molecule has 1 aliphatic heterocycles. The second-order valence-electron chi connectivity index (χ2n) is 5.68. The molecule has 25 heavy (non-hydrogen) atoms. The Morgan fingerprint density at radius 3 is 2.76 bits per heavy atom. The first-order chi connectivity index (χ1) is 12.2. The van der Waals surface area contributed by atoms with E-state index in [0.29, 0.717) is 29.8 Å². The average Bonchev–Trinajstić information content (AvgIpc) is 3.09. The number of nitrogens with zero attached hydrogens (tertiary/aromatic N) is 3. The highest BCUT2D eigenvalue weighted by Gasteiger charge is 2.34. The van der Waals surface area contributed by atoms with Crippen LogP contribution in [-0.2, 0) is 0 Å². The van der Waals surface area contributed by atoms with Gasteiger partial charge in [0.05, 0.1) is 13.1 Å². The third kappa shape index (κ3) is 3.21. The Balaban J connectivity index is 1.37. The van der Waals surface area contributed by atoms with Gasteiger partial charge in [-0.1, -0.05) is 47.1 Å². The summed E-state index contributed by atoms with van der Waals surface area (Å²) in [5.74, 6) is 0.768. The Labute approximate surface area is 149 Å². The Kier molecular flexibility index (Phi) is 4.11. The fourth-order valence-corrected chi connectivity index (χ4v) is 2.74. The maximum atomic E-state index is 12.4. The van der Waals surface area contributed by atoms with Crippen LogP contribution in [0.15, 0.2) is 59.3 Å². The number of amides is 1. The predicted molar refractivity (Wildman–Crippen MR) is 91.5 cm³/mol. The van der Waals surface area contributed by atoms with Crippen LogP contribution in [0.1, 0.15) is 10.5 Å². The molecule has 0 bridgehead atoms. The van der Waals surface area contributed by atoms with E-state index in [0.717, 1.165) is 5.56 Å². The van der Waals surface area contributed by atoms with Crippen molar-refractivity contribution in [2.24, 2.45) is 0 Å². The molecule has 3 heterocycles. The highest BCUT2D eigenvalue weighted by Crippen LogP contribution is 2.25. The van der Waals surface area contributed by atoms with Gasteiger partial charge >= 0.3 is 0 Å². The number of ether oxygens (including phenoxy) is 1. The molecule has 0 N–H and O–H groups in total. The molecule has 0 saturated carbocycles. The molecule has 4 rings (SSSR count). The average molecular weight is 356 g/mol. The van der Waals surface area contributed by atoms with Crippen LogP contribution in [0.25, 0.3) is 11.3 Å². The lowest BCUT2D eigenvalue weighted by Gasteiger charge is -2.38. The van der Waals surface area contributed by atoms with E-state index in [-0.39, 0.29) is 17.7 Å². The van der Waals surface area contributed by atoms with Crippen LogP contribution in [0.4, 0.5) is 0 Å². The summed E-state index contributed by atoms with van der Waals surface area (Å²) in [5.41, 5.74) is 1.16. The number of halogens is 1. The number of pyridine rings is 1. The minimum absolute atomic E-state index is 0.128. The first kappa shape index (κ1) is 15.7. The Morgan fingerprint density at radius 1 is 1.20 bits per heavy atom. The Morgan fingerprint density at radius 2 is 2.00 bits per heavy atom. The van der Waals surface area contributed by atoms with E-state index in [1.807, 2.05) is 30.3 Å². The maximum absolute atomic E-state index is 12.4. The number of aromatic nitrogens is 2. The second-order valence-corrected chi connectivity index (χ2v) is 6.09. The summed E-state index contributed by atoms with van der Waals surface area (Å²) in [7, 11) is 0. The molecule has 1 amide bonds. The van der Waals surface area contributed by atoms with E-state index in [9.17, 15) is 4.79 Å². The summed E-state index contributed by atoms with van der Waals surface area (Å²) in [4.78, 5) is 18.2. The van der Waals surface area contributed by atoms with Crippen LogP contribution in [0.2, 0.25) is 5.02 Å². The molecule has 0 atom stereocenters. The van der Waals surface area contributed by atoms with Gasteiger partial charge < -0.3 is 14.2 Å². The number of hydrogen-bond donors (Lipinski definition) is 0. The zero-order valence-electron chi connectivity index (χ0n) is 13.1. The minimum Gasteiger partial charge on any atom is -0.470 e. The van der Waals surface area contributed by atoms with Crippen LogP contribution in [0.3, 0.4) is 0 Å². The lowest BCUT2D eigenvalue weighted by Crippen LogP contribution is -2.56. The topological polar surface area (TPSA) is 68.5 Å². The minimum atomic E-state index is -0.183. The SMILES string of the molecule is O=C(c1cc(-c2ccccc2)on1)N1CC(Oc2ncccc2Cl)C1. The quantitative estimate of drug-likeness (QED) is 0.718. The smallest absolute Gasteiger partial charge is 0.276 e. The van der Waals surface area contributed by atoms with Gasteiger partial charge in [0.1, 0.15) is 11.1 Å². The molecule has 126 valence electrons. The van der Waals surface area contributed by atoms with E-state index >= 15 is 0 Å². The number of rotatable bonds is 4. The summed E-state index contributed by atoms with van der Waals surface area (Å²) in [6, 6.07) is 14.6. The molecule has 0 aliphatic carbocycles. The second kappa shape index (κ2) is 6.57. The van der Waals surface area contributed by atoms with Crippen molar-refractivity contribution in [2.45, 2.75) is 6.10 Å². The molecule has 1 saturated heterocycles. The van der Waals surface area contributed by atoms with Gasteiger partial charge in [0.15, 0.2) is 11.5 Å². The zero-order valence-corrected chi connectivity index (χ0v) is 13.9. The molecule has 7 heteroatoms. The summed E-state index contributed by atoms with van der Waals surface area (Å²) in [6.45, 7) is 0.915. The van der Waals surface area contributed by atoms with Gasteiger partial charge in [-0.15, -0.1) is 0 Å². The van der Waals surface area contributed by atoms with E-state index < -0.39 is 0 Å². The van der Waals surface area contributed by atoms with E-state index in [2.05, 4.69) is 10.1 Å². The molecule has 1 fully saturated rings. The largest absolute Gasteiger partial charge is 0.470 e. The van der Waals surface area contributed by atoms with Gasteiger partial charge in [-0.05, 0) is 12.1 Å². The lowest BCUT2D eigenvalue weighted by atomic mass is 10.1. The van der Waals surface area contributed by atoms with Crippen molar-refractivity contribution in [1.82, 2.24) is 15.0 Å². The molecule has 3 aromatic rings. The highest BCUT2D eigenvalue weighted by molar-refractivity contribution is 6.31. The van der Waals surface area contributed by atoms with Crippen LogP contribution in [-0.4, -0.2) is 40.1 Å². The fourth-order valence-electron chi connectivity index (χ4n) is 2.57. The number of benzene rings is 1. The van der Waals surface area contributed by atoms with Crippen molar-refractivity contribution in [3.8, 4) is 17.2 Å². The number of carbonyl (C=O) groups excluding carboxylic acids is 1. The molecule has 1 aromatic carbocycles. The first-order valence-corrected chi connectivity index (χ1v) is 8.17. The molecule has 6 nitrogen and oxygen atoms in total. The maximum Gasteiger partial charge on any atom is 0.276 e. The third-order valence-electron chi connectivity index (χ3n) is 3.93. The highest BCUT2D eigenvalue weighted by atomic mass is 35.5. The van der Waals surface area contributed by atoms with Gasteiger partial charge in [-0.25, -0.2) is 4.98 Å². The summed E-state index contributed by atoms with van der Waals surface area (Å²) >= 11 is 6.01. The molecule has 0 spiro atoms. The monoisotopic (exact) mass is 355 g/mol. The molecular formula is C18H14ClN3O3. The molecule has 0 unspecified atom stereocenters. The van der Waals surface area contributed by atoms with Crippen molar-refractivity contribution < 1.29 is 14.1 Å². The summed E-state index contributed by atoms with van der Waals surface area (Å²) in [5, 5.41) is 4.33. The number of likely N-dealkylation sites (tertiary alicyclic amines) is 1. The Bertz CT molecular complexity index is 891. The van der Waals surface area contributed by atoms with Crippen molar-refractivity contribution in [3.05, 3.63) is 65.4 Å². The van der Waals surface area contributed by atoms with Gasteiger partial charge in [0.25, 0.3) is 5.91 Å². The number of carbonyl (C=O) groups is 1. The summed E-state index contributed by atoms with van der Waals surface area (Å²) in [6.07, 6.45) is 1.49. The van der Waals surface area contributed by atoms with Crippen LogP contribution in [0, 0.1) is 0 Å². The summed E-state index contributed by atoms with van der Waals surface area (Å²) < 4.78 is 11.0. The van der Waals surface area contributed by atoms with E-state index in [1.165, 1.54) is 0 Å². The molecule has 0 radical (unpaired) electrons. The van der Waals surface area contributed by atoms with Crippen LogP contribution in [0.5, 0.6) is 5.88 Å². The van der Waals surface area contributed by atoms with Gasteiger partial charge in [-0.3, -0.25) is 4.79 Å². The van der Waals surface area contributed by atoms with Crippen molar-refractivity contribution in [2.75, 3.05) is 13.1 Å². The van der Waals surface area contributed by atoms with Crippen molar-refractivity contribution in [1.29, 1.82) is 0 Å². The molecular weight excluding hydrogens is 342 g/mol. The fraction of sp³-hybridized carbons (Fsp3) is 0.167. The van der Waals surface area contributed by atoms with Crippen LogP contribution >= 0.6 is 11.6 Å². The third-order valence-corrected chi connectivity index (χ3v) is 4.21. The first-order valence-electron chi connectivity index (χ1n) is 7.79. The van der Waals surface area contributed by atoms with Crippen molar-refractivity contribution >= 4 is 17.5 Å². The van der Waals surface area contributed by atoms with Gasteiger partial charge in [0.2, 0.25) is 5.88 Å². The normalized spacial score (nSPS) is 14.2. The van der Waals surface area contributed by atoms with E-state index in [4.69, 9.17) is 20.9 Å². The molecule has 2 aromatic heterocycles. The zero-order chi connectivity index (χ0) is 17.2. The van der Waals surface area contributed by atoms with Gasteiger partial charge in [-0.2, -0.15) is 0 Å². The van der Waals surface area contributed by atoms with Gasteiger partial charge in [0, 0.05) is 17.8 Å². The number of hydrogen-bond acceptors (Lipinski definition) is 5. The van der Waals surface area contributed by atoms with Crippen molar-refractivity contribution in [3.63, 3.8) is 0 Å². The van der Waals surface area contributed by atoms with E-state index in [1.54, 1.807) is 29.3 Å². The molecule has 1 aliphatic rings. The van der Waals surface area contributed by atoms with Crippen LogP contribution < -0.4 is 4.74 Å². The standard InChI is InChI=1S/C18H14ClN3O3/c19-14-7-4-8-20-17(14)24-13-10-22(11-13)18(23)15-9-16(25-21-15)12-5-2-1-3-6-12/h1-9,13H,10-11H2. The Hall–Kier alpha value is -2.86.